The first-order valence-electron chi connectivity index (χ1n) is 4.84. The zero-order chi connectivity index (χ0) is 12.2. The van der Waals surface area contributed by atoms with E-state index in [1.165, 1.54) is 12.1 Å². The maximum atomic E-state index is 12.5. The number of carbonyl (C=O) groups is 1. The number of carbonyl (C=O) groups excluding carboxylic acids is 1. The summed E-state index contributed by atoms with van der Waals surface area (Å²) in [6, 6.07) is 5.36. The van der Waals surface area contributed by atoms with Crippen LogP contribution < -0.4 is 5.73 Å². The number of rotatable bonds is 4. The molecule has 1 aromatic rings. The average molecular weight is 231 g/mol. The van der Waals surface area contributed by atoms with Crippen molar-refractivity contribution in [2.45, 2.75) is 25.4 Å². The van der Waals surface area contributed by atoms with E-state index < -0.39 is 17.6 Å². The SMILES string of the molecule is NC(=O)CCCc1ccccc1C(F)(F)F. The van der Waals surface area contributed by atoms with Crippen molar-refractivity contribution in [1.82, 2.24) is 0 Å². The van der Waals surface area contributed by atoms with Crippen LogP contribution in [0.15, 0.2) is 24.3 Å². The fourth-order valence-corrected chi connectivity index (χ4v) is 1.47. The van der Waals surface area contributed by atoms with Crippen LogP contribution in [-0.2, 0) is 17.4 Å². The highest BCUT2D eigenvalue weighted by Crippen LogP contribution is 2.32. The van der Waals surface area contributed by atoms with Crippen LogP contribution in [0.2, 0.25) is 0 Å². The third-order valence-electron chi connectivity index (χ3n) is 2.19. The standard InChI is InChI=1S/C11H12F3NO/c12-11(13,14)9-6-2-1-4-8(9)5-3-7-10(15)16/h1-2,4,6H,3,5,7H2,(H2,15,16). The van der Waals surface area contributed by atoms with Crippen LogP contribution in [0.5, 0.6) is 0 Å². The van der Waals surface area contributed by atoms with E-state index in [1.54, 1.807) is 6.07 Å². The smallest absolute Gasteiger partial charge is 0.370 e. The summed E-state index contributed by atoms with van der Waals surface area (Å²) in [5.41, 5.74) is 4.48. The third kappa shape index (κ3) is 3.56. The minimum absolute atomic E-state index is 0.103. The second-order valence-corrected chi connectivity index (χ2v) is 3.47. The average Bonchev–Trinajstić information content (AvgIpc) is 2.16. The summed E-state index contributed by atoms with van der Waals surface area (Å²) in [6.07, 6.45) is -3.70. The van der Waals surface area contributed by atoms with Gasteiger partial charge in [-0.2, -0.15) is 13.2 Å². The van der Waals surface area contributed by atoms with Crippen molar-refractivity contribution in [1.29, 1.82) is 0 Å². The Bertz CT molecular complexity index is 374. The van der Waals surface area contributed by atoms with Crippen LogP contribution in [0.25, 0.3) is 0 Å². The summed E-state index contributed by atoms with van der Waals surface area (Å²) >= 11 is 0. The van der Waals surface area contributed by atoms with E-state index in [2.05, 4.69) is 0 Å². The third-order valence-corrected chi connectivity index (χ3v) is 2.19. The van der Waals surface area contributed by atoms with Gasteiger partial charge in [-0.1, -0.05) is 18.2 Å². The first-order valence-corrected chi connectivity index (χ1v) is 4.84. The minimum atomic E-state index is -4.34. The molecule has 0 heterocycles. The van der Waals surface area contributed by atoms with Crippen LogP contribution in [0, 0.1) is 0 Å². The van der Waals surface area contributed by atoms with Crippen LogP contribution in [-0.4, -0.2) is 5.91 Å². The molecular formula is C11H12F3NO. The number of primary amides is 1. The molecule has 0 aliphatic rings. The Morgan fingerprint density at radius 2 is 1.88 bits per heavy atom. The Kier molecular flexibility index (Phi) is 3.93. The van der Waals surface area contributed by atoms with Crippen LogP contribution in [0.1, 0.15) is 24.0 Å². The predicted molar refractivity (Wildman–Crippen MR) is 53.6 cm³/mol. The predicted octanol–water partition coefficient (Wildman–Crippen LogP) is 2.51. The number of halogens is 3. The van der Waals surface area contributed by atoms with Crippen molar-refractivity contribution >= 4 is 5.91 Å². The molecule has 0 saturated heterocycles. The molecule has 0 radical (unpaired) electrons. The summed E-state index contributed by atoms with van der Waals surface area (Å²) < 4.78 is 37.6. The Hall–Kier alpha value is -1.52. The fraction of sp³-hybridized carbons (Fsp3) is 0.364. The van der Waals surface area contributed by atoms with Crippen molar-refractivity contribution in [3.05, 3.63) is 35.4 Å². The molecule has 1 rings (SSSR count). The molecule has 0 saturated carbocycles. The monoisotopic (exact) mass is 231 g/mol. The van der Waals surface area contributed by atoms with Gasteiger partial charge in [-0.3, -0.25) is 4.79 Å². The van der Waals surface area contributed by atoms with Crippen LogP contribution >= 0.6 is 0 Å². The van der Waals surface area contributed by atoms with Gasteiger partial charge in [0.15, 0.2) is 0 Å². The van der Waals surface area contributed by atoms with Gasteiger partial charge in [-0.25, -0.2) is 0 Å². The van der Waals surface area contributed by atoms with E-state index in [1.807, 2.05) is 0 Å². The molecule has 1 amide bonds. The lowest BCUT2D eigenvalue weighted by Gasteiger charge is -2.11. The molecule has 0 bridgehead atoms. The molecule has 0 atom stereocenters. The summed E-state index contributed by atoms with van der Waals surface area (Å²) in [7, 11) is 0. The summed E-state index contributed by atoms with van der Waals surface area (Å²) in [5, 5.41) is 0. The highest BCUT2D eigenvalue weighted by atomic mass is 19.4. The van der Waals surface area contributed by atoms with E-state index in [4.69, 9.17) is 5.73 Å². The van der Waals surface area contributed by atoms with Crippen molar-refractivity contribution < 1.29 is 18.0 Å². The molecule has 2 nitrogen and oxygen atoms in total. The molecule has 0 fully saturated rings. The highest BCUT2D eigenvalue weighted by Gasteiger charge is 2.32. The van der Waals surface area contributed by atoms with E-state index in [0.29, 0.717) is 6.42 Å². The van der Waals surface area contributed by atoms with Gasteiger partial charge in [-0.05, 0) is 24.5 Å². The van der Waals surface area contributed by atoms with Crippen LogP contribution in [0.4, 0.5) is 13.2 Å². The van der Waals surface area contributed by atoms with Gasteiger partial charge in [0.2, 0.25) is 5.91 Å². The van der Waals surface area contributed by atoms with Crippen molar-refractivity contribution in [2.75, 3.05) is 0 Å². The summed E-state index contributed by atoms with van der Waals surface area (Å²) in [5.74, 6) is -0.496. The lowest BCUT2D eigenvalue weighted by Crippen LogP contribution is -2.12. The fourth-order valence-electron chi connectivity index (χ4n) is 1.47. The quantitative estimate of drug-likeness (QED) is 0.850. The van der Waals surface area contributed by atoms with E-state index in [0.717, 1.165) is 6.07 Å². The van der Waals surface area contributed by atoms with Gasteiger partial charge in [0.05, 0.1) is 5.56 Å². The van der Waals surface area contributed by atoms with E-state index >= 15 is 0 Å². The summed E-state index contributed by atoms with van der Waals surface area (Å²) in [6.45, 7) is 0. The maximum absolute atomic E-state index is 12.5. The van der Waals surface area contributed by atoms with Crippen molar-refractivity contribution in [3.63, 3.8) is 0 Å². The molecule has 16 heavy (non-hydrogen) atoms. The first kappa shape index (κ1) is 12.5. The lowest BCUT2D eigenvalue weighted by atomic mass is 10.0. The molecule has 0 spiro atoms. The van der Waals surface area contributed by atoms with Gasteiger partial charge in [0, 0.05) is 6.42 Å². The Labute approximate surface area is 91.3 Å². The van der Waals surface area contributed by atoms with Gasteiger partial charge in [-0.15, -0.1) is 0 Å². The van der Waals surface area contributed by atoms with Gasteiger partial charge in [0.1, 0.15) is 0 Å². The molecule has 88 valence electrons. The molecule has 0 aliphatic carbocycles. The van der Waals surface area contributed by atoms with Crippen LogP contribution in [0.3, 0.4) is 0 Å². The Morgan fingerprint density at radius 3 is 2.44 bits per heavy atom. The zero-order valence-electron chi connectivity index (χ0n) is 8.55. The number of amides is 1. The van der Waals surface area contributed by atoms with Crippen molar-refractivity contribution in [2.24, 2.45) is 5.73 Å². The maximum Gasteiger partial charge on any atom is 0.416 e. The minimum Gasteiger partial charge on any atom is -0.370 e. The largest absolute Gasteiger partial charge is 0.416 e. The Balaban J connectivity index is 2.76. The van der Waals surface area contributed by atoms with Gasteiger partial charge >= 0.3 is 6.18 Å². The molecular weight excluding hydrogens is 219 g/mol. The normalized spacial score (nSPS) is 11.4. The molecule has 1 aromatic carbocycles. The van der Waals surface area contributed by atoms with E-state index in [-0.39, 0.29) is 18.4 Å². The van der Waals surface area contributed by atoms with Crippen molar-refractivity contribution in [3.8, 4) is 0 Å². The molecule has 0 unspecified atom stereocenters. The highest BCUT2D eigenvalue weighted by molar-refractivity contribution is 5.73. The number of hydrogen-bond donors (Lipinski definition) is 1. The molecule has 2 N–H and O–H groups in total. The number of alkyl halides is 3. The second kappa shape index (κ2) is 5.01. The van der Waals surface area contributed by atoms with Gasteiger partial charge in [0.25, 0.3) is 0 Å². The van der Waals surface area contributed by atoms with E-state index in [9.17, 15) is 18.0 Å². The zero-order valence-corrected chi connectivity index (χ0v) is 8.55. The molecule has 0 aromatic heterocycles. The number of benzene rings is 1. The number of nitrogens with two attached hydrogens (primary N) is 1. The topological polar surface area (TPSA) is 43.1 Å². The van der Waals surface area contributed by atoms with Gasteiger partial charge < -0.3 is 5.73 Å². The number of aryl methyl sites for hydroxylation is 1. The Morgan fingerprint density at radius 1 is 1.25 bits per heavy atom. The lowest BCUT2D eigenvalue weighted by molar-refractivity contribution is -0.138. The molecule has 0 aliphatic heterocycles. The summed E-state index contributed by atoms with van der Waals surface area (Å²) in [4.78, 5) is 10.5. The number of hydrogen-bond acceptors (Lipinski definition) is 1. The molecule has 5 heteroatoms. The first-order chi connectivity index (χ1) is 7.41. The second-order valence-electron chi connectivity index (χ2n) is 3.47.